The van der Waals surface area contributed by atoms with Crippen molar-refractivity contribution in [3.05, 3.63) is 28.8 Å². The van der Waals surface area contributed by atoms with Gasteiger partial charge in [0, 0.05) is 17.6 Å². The van der Waals surface area contributed by atoms with Gasteiger partial charge in [-0.3, -0.25) is 4.79 Å². The topological polar surface area (TPSA) is 54.5 Å². The molecule has 122 valence electrons. The van der Waals surface area contributed by atoms with E-state index in [4.69, 9.17) is 11.6 Å². The van der Waals surface area contributed by atoms with E-state index in [2.05, 4.69) is 6.92 Å². The standard InChI is InChI=1S/C16H22ClNO3S/c1-4-22(20,21)15-8-7-13(17)9-14(15)16(19)18-10-11(2)5-6-12(18)3/h7-9,11-12H,4-6,10H2,1-3H3/t11-,12+/m0/s1. The lowest BCUT2D eigenvalue weighted by Crippen LogP contribution is -2.45. The number of likely N-dealkylation sites (tertiary alicyclic amines) is 1. The number of rotatable bonds is 3. The van der Waals surface area contributed by atoms with E-state index in [1.807, 2.05) is 6.92 Å². The van der Waals surface area contributed by atoms with Crippen molar-refractivity contribution in [1.29, 1.82) is 0 Å². The van der Waals surface area contributed by atoms with Crippen molar-refractivity contribution >= 4 is 27.3 Å². The van der Waals surface area contributed by atoms with Gasteiger partial charge in [0.05, 0.1) is 16.2 Å². The van der Waals surface area contributed by atoms with E-state index in [9.17, 15) is 13.2 Å². The highest BCUT2D eigenvalue weighted by Gasteiger charge is 2.31. The summed E-state index contributed by atoms with van der Waals surface area (Å²) in [5.74, 6) is 0.139. The smallest absolute Gasteiger partial charge is 0.255 e. The third kappa shape index (κ3) is 3.46. The van der Waals surface area contributed by atoms with Crippen LogP contribution in [-0.4, -0.2) is 37.6 Å². The van der Waals surface area contributed by atoms with Crippen molar-refractivity contribution in [3.8, 4) is 0 Å². The van der Waals surface area contributed by atoms with Crippen molar-refractivity contribution in [1.82, 2.24) is 4.90 Å². The molecule has 0 N–H and O–H groups in total. The van der Waals surface area contributed by atoms with Crippen LogP contribution in [0.1, 0.15) is 44.0 Å². The summed E-state index contributed by atoms with van der Waals surface area (Å²) in [6.45, 7) is 6.33. The summed E-state index contributed by atoms with van der Waals surface area (Å²) in [4.78, 5) is 14.7. The van der Waals surface area contributed by atoms with Gasteiger partial charge < -0.3 is 4.90 Å². The zero-order chi connectivity index (χ0) is 16.5. The van der Waals surface area contributed by atoms with Crippen molar-refractivity contribution in [2.75, 3.05) is 12.3 Å². The summed E-state index contributed by atoms with van der Waals surface area (Å²) in [5, 5.41) is 0.371. The van der Waals surface area contributed by atoms with Crippen molar-refractivity contribution in [2.24, 2.45) is 5.92 Å². The van der Waals surface area contributed by atoms with Crippen LogP contribution in [-0.2, 0) is 9.84 Å². The first kappa shape index (κ1) is 17.3. The normalized spacial score (nSPS) is 22.6. The predicted octanol–water partition coefficient (Wildman–Crippen LogP) is 3.39. The molecule has 1 aromatic carbocycles. The highest BCUT2D eigenvalue weighted by Crippen LogP contribution is 2.27. The summed E-state index contributed by atoms with van der Waals surface area (Å²) < 4.78 is 24.5. The van der Waals surface area contributed by atoms with E-state index in [0.29, 0.717) is 17.5 Å². The second kappa shape index (κ2) is 6.59. The molecule has 1 aromatic rings. The number of piperidine rings is 1. The number of hydrogen-bond acceptors (Lipinski definition) is 3. The molecule has 1 aliphatic heterocycles. The molecule has 1 fully saturated rings. The van der Waals surface area contributed by atoms with E-state index in [1.165, 1.54) is 18.2 Å². The molecule has 4 nitrogen and oxygen atoms in total. The first-order valence-corrected chi connectivity index (χ1v) is 9.62. The van der Waals surface area contributed by atoms with Crippen LogP contribution in [0.15, 0.2) is 23.1 Å². The second-order valence-corrected chi connectivity index (χ2v) is 8.72. The fraction of sp³-hybridized carbons (Fsp3) is 0.562. The van der Waals surface area contributed by atoms with Crippen molar-refractivity contribution < 1.29 is 13.2 Å². The third-order valence-electron chi connectivity index (χ3n) is 4.27. The van der Waals surface area contributed by atoms with Gasteiger partial charge >= 0.3 is 0 Å². The summed E-state index contributed by atoms with van der Waals surface area (Å²) >= 11 is 5.99. The Hall–Kier alpha value is -1.07. The third-order valence-corrected chi connectivity index (χ3v) is 6.29. The number of halogens is 1. The van der Waals surface area contributed by atoms with Crippen LogP contribution in [0.2, 0.25) is 5.02 Å². The van der Waals surface area contributed by atoms with E-state index in [1.54, 1.807) is 11.8 Å². The lowest BCUT2D eigenvalue weighted by molar-refractivity contribution is 0.0570. The molecular formula is C16H22ClNO3S. The first-order chi connectivity index (χ1) is 10.3. The van der Waals surface area contributed by atoms with Crippen LogP contribution >= 0.6 is 11.6 Å². The molecule has 2 atom stereocenters. The molecule has 0 bridgehead atoms. The van der Waals surface area contributed by atoms with Crippen LogP contribution in [0.3, 0.4) is 0 Å². The Morgan fingerprint density at radius 3 is 2.64 bits per heavy atom. The van der Waals surface area contributed by atoms with Gasteiger partial charge in [-0.15, -0.1) is 0 Å². The van der Waals surface area contributed by atoms with Gasteiger partial charge in [0.2, 0.25) is 0 Å². The first-order valence-electron chi connectivity index (χ1n) is 7.59. The maximum absolute atomic E-state index is 12.9. The van der Waals surface area contributed by atoms with Crippen molar-refractivity contribution in [2.45, 2.75) is 44.6 Å². The molecule has 1 aliphatic rings. The minimum absolute atomic E-state index is 0.0408. The predicted molar refractivity (Wildman–Crippen MR) is 88.1 cm³/mol. The Kier molecular flexibility index (Phi) is 5.17. The summed E-state index contributed by atoms with van der Waals surface area (Å²) in [7, 11) is -3.47. The van der Waals surface area contributed by atoms with Gasteiger partial charge in [0.25, 0.3) is 5.91 Å². The monoisotopic (exact) mass is 343 g/mol. The second-order valence-electron chi connectivity index (χ2n) is 6.03. The zero-order valence-electron chi connectivity index (χ0n) is 13.2. The molecule has 6 heteroatoms. The molecule has 0 spiro atoms. The van der Waals surface area contributed by atoms with E-state index < -0.39 is 9.84 Å². The average Bonchev–Trinajstić information content (AvgIpc) is 2.48. The van der Waals surface area contributed by atoms with Gasteiger partial charge in [-0.25, -0.2) is 8.42 Å². The van der Waals surface area contributed by atoms with Crippen LogP contribution in [0.25, 0.3) is 0 Å². The minimum Gasteiger partial charge on any atom is -0.336 e. The summed E-state index contributed by atoms with van der Waals surface area (Å²) in [6.07, 6.45) is 2.02. The van der Waals surface area contributed by atoms with Gasteiger partial charge in [-0.05, 0) is 43.9 Å². The Morgan fingerprint density at radius 1 is 1.32 bits per heavy atom. The lowest BCUT2D eigenvalue weighted by Gasteiger charge is -2.37. The quantitative estimate of drug-likeness (QED) is 0.845. The van der Waals surface area contributed by atoms with Gasteiger partial charge in [-0.2, -0.15) is 0 Å². The molecule has 1 amide bonds. The number of sulfone groups is 1. The number of nitrogens with zero attached hydrogens (tertiary/aromatic N) is 1. The van der Waals surface area contributed by atoms with Crippen molar-refractivity contribution in [3.63, 3.8) is 0 Å². The molecular weight excluding hydrogens is 322 g/mol. The minimum atomic E-state index is -3.47. The zero-order valence-corrected chi connectivity index (χ0v) is 14.7. The Morgan fingerprint density at radius 2 is 2.00 bits per heavy atom. The molecule has 22 heavy (non-hydrogen) atoms. The average molecular weight is 344 g/mol. The van der Waals surface area contributed by atoms with Crippen LogP contribution in [0.5, 0.6) is 0 Å². The number of carbonyl (C=O) groups excluding carboxylic acids is 1. The molecule has 0 unspecified atom stereocenters. The molecule has 0 aliphatic carbocycles. The molecule has 0 saturated carbocycles. The number of amides is 1. The van der Waals surface area contributed by atoms with Gasteiger partial charge in [0.1, 0.15) is 0 Å². The molecule has 0 aromatic heterocycles. The molecule has 1 heterocycles. The van der Waals surface area contributed by atoms with Gasteiger partial charge in [0.15, 0.2) is 9.84 Å². The lowest BCUT2D eigenvalue weighted by atomic mass is 9.94. The Bertz CT molecular complexity index is 672. The molecule has 0 radical (unpaired) electrons. The highest BCUT2D eigenvalue weighted by atomic mass is 35.5. The molecule has 1 saturated heterocycles. The summed E-state index contributed by atoms with van der Waals surface area (Å²) in [6, 6.07) is 4.54. The number of carbonyl (C=O) groups is 1. The Labute approximate surface area is 137 Å². The Balaban J connectivity index is 2.47. The van der Waals surface area contributed by atoms with E-state index >= 15 is 0 Å². The van der Waals surface area contributed by atoms with Crippen LogP contribution in [0.4, 0.5) is 0 Å². The number of benzene rings is 1. The number of hydrogen-bond donors (Lipinski definition) is 0. The van der Waals surface area contributed by atoms with Crippen LogP contribution in [0, 0.1) is 5.92 Å². The largest absolute Gasteiger partial charge is 0.336 e. The SMILES string of the molecule is CCS(=O)(=O)c1ccc(Cl)cc1C(=O)N1C[C@@H](C)CC[C@H]1C. The van der Waals surface area contributed by atoms with E-state index in [0.717, 1.165) is 12.8 Å². The molecule has 2 rings (SSSR count). The maximum atomic E-state index is 12.9. The van der Waals surface area contributed by atoms with Crippen LogP contribution < -0.4 is 0 Å². The maximum Gasteiger partial charge on any atom is 0.255 e. The fourth-order valence-corrected chi connectivity index (χ4v) is 4.06. The highest BCUT2D eigenvalue weighted by molar-refractivity contribution is 7.91. The fourth-order valence-electron chi connectivity index (χ4n) is 2.82. The summed E-state index contributed by atoms with van der Waals surface area (Å²) in [5.41, 5.74) is 0.190. The van der Waals surface area contributed by atoms with Gasteiger partial charge in [-0.1, -0.05) is 25.4 Å². The van der Waals surface area contributed by atoms with E-state index in [-0.39, 0.29) is 28.2 Å².